The topological polar surface area (TPSA) is 20.2 Å². The number of hydrogen-bond acceptors (Lipinski definition) is 2. The summed E-state index contributed by atoms with van der Waals surface area (Å²) in [7, 11) is 0. The Morgan fingerprint density at radius 3 is 2.67 bits per heavy atom. The van der Waals surface area contributed by atoms with Crippen LogP contribution in [0.15, 0.2) is 48.5 Å². The number of aliphatic hydroxyl groups excluding tert-OH is 1. The lowest BCUT2D eigenvalue weighted by atomic mass is 10.1. The maximum atomic E-state index is 13.9. The van der Waals surface area contributed by atoms with Gasteiger partial charge in [-0.2, -0.15) is 0 Å². The zero-order valence-electron chi connectivity index (χ0n) is 9.56. The molecule has 0 aliphatic rings. The van der Waals surface area contributed by atoms with Crippen LogP contribution < -0.4 is 0 Å². The first-order valence-electron chi connectivity index (χ1n) is 5.67. The average molecular weight is 258 g/mol. The van der Waals surface area contributed by atoms with Crippen molar-refractivity contribution >= 4 is 21.4 Å². The monoisotopic (exact) mass is 258 g/mol. The van der Waals surface area contributed by atoms with Gasteiger partial charge in [0.1, 0.15) is 5.82 Å². The molecule has 1 nitrogen and oxygen atoms in total. The first kappa shape index (κ1) is 11.4. The van der Waals surface area contributed by atoms with Gasteiger partial charge in [-0.3, -0.25) is 0 Å². The molecule has 0 aliphatic carbocycles. The maximum absolute atomic E-state index is 13.9. The minimum absolute atomic E-state index is 0.151. The zero-order chi connectivity index (χ0) is 12.5. The molecule has 0 saturated carbocycles. The van der Waals surface area contributed by atoms with E-state index in [2.05, 4.69) is 0 Å². The SMILES string of the molecule is OCc1cccc(F)c1-c1cc2ccccc2s1. The first-order valence-corrected chi connectivity index (χ1v) is 6.48. The van der Waals surface area contributed by atoms with Crippen LogP contribution in [0.25, 0.3) is 20.5 Å². The summed E-state index contributed by atoms with van der Waals surface area (Å²) >= 11 is 1.54. The molecule has 0 bridgehead atoms. The van der Waals surface area contributed by atoms with Crippen LogP contribution in [0.2, 0.25) is 0 Å². The van der Waals surface area contributed by atoms with Crippen LogP contribution in [0, 0.1) is 5.82 Å². The maximum Gasteiger partial charge on any atom is 0.132 e. The summed E-state index contributed by atoms with van der Waals surface area (Å²) < 4.78 is 15.1. The van der Waals surface area contributed by atoms with Crippen molar-refractivity contribution in [1.29, 1.82) is 0 Å². The van der Waals surface area contributed by atoms with E-state index in [4.69, 9.17) is 0 Å². The molecule has 3 heteroatoms. The van der Waals surface area contributed by atoms with Crippen molar-refractivity contribution in [3.05, 3.63) is 59.9 Å². The third kappa shape index (κ3) is 1.82. The van der Waals surface area contributed by atoms with Crippen molar-refractivity contribution in [2.75, 3.05) is 0 Å². The molecule has 18 heavy (non-hydrogen) atoms. The minimum Gasteiger partial charge on any atom is -0.392 e. The highest BCUT2D eigenvalue weighted by atomic mass is 32.1. The normalized spacial score (nSPS) is 11.0. The van der Waals surface area contributed by atoms with Crippen molar-refractivity contribution in [2.45, 2.75) is 6.61 Å². The molecule has 1 heterocycles. The lowest BCUT2D eigenvalue weighted by Crippen LogP contribution is -1.91. The molecule has 0 spiro atoms. The highest BCUT2D eigenvalue weighted by Crippen LogP contribution is 2.36. The van der Waals surface area contributed by atoms with E-state index in [0.29, 0.717) is 11.1 Å². The number of hydrogen-bond donors (Lipinski definition) is 1. The van der Waals surface area contributed by atoms with E-state index in [1.165, 1.54) is 6.07 Å². The van der Waals surface area contributed by atoms with Gasteiger partial charge in [-0.1, -0.05) is 30.3 Å². The van der Waals surface area contributed by atoms with Crippen LogP contribution in [0.5, 0.6) is 0 Å². The second kappa shape index (κ2) is 4.52. The molecule has 0 fully saturated rings. The number of fused-ring (bicyclic) bond motifs is 1. The third-order valence-electron chi connectivity index (χ3n) is 2.94. The van der Waals surface area contributed by atoms with Gasteiger partial charge in [0.25, 0.3) is 0 Å². The molecule has 90 valence electrons. The number of aliphatic hydroxyl groups is 1. The molecule has 2 aromatic carbocycles. The van der Waals surface area contributed by atoms with E-state index < -0.39 is 0 Å². The number of rotatable bonds is 2. The number of halogens is 1. The fourth-order valence-electron chi connectivity index (χ4n) is 2.08. The van der Waals surface area contributed by atoms with Crippen molar-refractivity contribution in [3.8, 4) is 10.4 Å². The standard InChI is InChI=1S/C15H11FOS/c16-12-6-3-5-11(9-17)15(12)14-8-10-4-1-2-7-13(10)18-14/h1-8,17H,9H2. The largest absolute Gasteiger partial charge is 0.392 e. The Hall–Kier alpha value is -1.71. The van der Waals surface area contributed by atoms with E-state index in [1.807, 2.05) is 30.3 Å². The molecule has 0 atom stereocenters. The van der Waals surface area contributed by atoms with Gasteiger partial charge in [-0.05, 0) is 29.1 Å². The Morgan fingerprint density at radius 2 is 1.89 bits per heavy atom. The van der Waals surface area contributed by atoms with Gasteiger partial charge in [0.2, 0.25) is 0 Å². The Morgan fingerprint density at radius 1 is 1.06 bits per heavy atom. The first-order chi connectivity index (χ1) is 8.79. The summed E-state index contributed by atoms with van der Waals surface area (Å²) in [4.78, 5) is 0.860. The molecular weight excluding hydrogens is 247 g/mol. The fraction of sp³-hybridized carbons (Fsp3) is 0.0667. The molecule has 1 N–H and O–H groups in total. The highest BCUT2D eigenvalue weighted by Gasteiger charge is 2.12. The molecule has 0 radical (unpaired) electrons. The van der Waals surface area contributed by atoms with E-state index >= 15 is 0 Å². The van der Waals surface area contributed by atoms with Gasteiger partial charge >= 0.3 is 0 Å². The van der Waals surface area contributed by atoms with E-state index in [9.17, 15) is 9.50 Å². The van der Waals surface area contributed by atoms with E-state index in [1.54, 1.807) is 23.5 Å². The fourth-order valence-corrected chi connectivity index (χ4v) is 3.23. The molecule has 0 unspecified atom stereocenters. The molecule has 1 aromatic heterocycles. The number of thiophene rings is 1. The molecule has 0 amide bonds. The Balaban J connectivity index is 2.25. The molecule has 3 rings (SSSR count). The smallest absolute Gasteiger partial charge is 0.132 e. The van der Waals surface area contributed by atoms with Gasteiger partial charge < -0.3 is 5.11 Å². The molecule has 0 saturated heterocycles. The van der Waals surface area contributed by atoms with Crippen molar-refractivity contribution < 1.29 is 9.50 Å². The van der Waals surface area contributed by atoms with E-state index in [-0.39, 0.29) is 12.4 Å². The lowest BCUT2D eigenvalue weighted by Gasteiger charge is -2.05. The predicted molar refractivity (Wildman–Crippen MR) is 73.1 cm³/mol. The summed E-state index contributed by atoms with van der Waals surface area (Å²) in [5.74, 6) is -0.284. The van der Waals surface area contributed by atoms with Gasteiger partial charge in [0, 0.05) is 15.1 Å². The molecular formula is C15H11FOS. The second-order valence-corrected chi connectivity index (χ2v) is 5.16. The Labute approximate surface area is 108 Å². The predicted octanol–water partition coefficient (Wildman–Crippen LogP) is 4.20. The summed E-state index contributed by atoms with van der Waals surface area (Å²) in [5.41, 5.74) is 1.14. The third-order valence-corrected chi connectivity index (χ3v) is 4.08. The van der Waals surface area contributed by atoms with Crippen LogP contribution in [0.1, 0.15) is 5.56 Å². The van der Waals surface area contributed by atoms with Crippen LogP contribution in [0.4, 0.5) is 4.39 Å². The van der Waals surface area contributed by atoms with Crippen molar-refractivity contribution in [3.63, 3.8) is 0 Å². The number of benzene rings is 2. The molecule has 3 aromatic rings. The summed E-state index contributed by atoms with van der Waals surface area (Å²) in [6, 6.07) is 14.7. The van der Waals surface area contributed by atoms with Crippen LogP contribution in [-0.4, -0.2) is 5.11 Å². The molecule has 0 aliphatic heterocycles. The lowest BCUT2D eigenvalue weighted by molar-refractivity contribution is 0.282. The Bertz CT molecular complexity index is 670. The highest BCUT2D eigenvalue weighted by molar-refractivity contribution is 7.22. The van der Waals surface area contributed by atoms with Gasteiger partial charge in [0.05, 0.1) is 6.61 Å². The summed E-state index contributed by atoms with van der Waals surface area (Å²) in [6.45, 7) is -0.151. The summed E-state index contributed by atoms with van der Waals surface area (Å²) in [6.07, 6.45) is 0. The average Bonchev–Trinajstić information content (AvgIpc) is 2.81. The van der Waals surface area contributed by atoms with Crippen molar-refractivity contribution in [1.82, 2.24) is 0 Å². The van der Waals surface area contributed by atoms with Crippen molar-refractivity contribution in [2.24, 2.45) is 0 Å². The Kier molecular flexibility index (Phi) is 2.86. The second-order valence-electron chi connectivity index (χ2n) is 4.08. The van der Waals surface area contributed by atoms with Gasteiger partial charge in [-0.15, -0.1) is 11.3 Å². The van der Waals surface area contributed by atoms with E-state index in [0.717, 1.165) is 15.0 Å². The quantitative estimate of drug-likeness (QED) is 0.730. The van der Waals surface area contributed by atoms with Gasteiger partial charge in [0.15, 0.2) is 0 Å². The minimum atomic E-state index is -0.284. The van der Waals surface area contributed by atoms with Crippen LogP contribution in [-0.2, 0) is 6.61 Å². The van der Waals surface area contributed by atoms with Crippen LogP contribution >= 0.6 is 11.3 Å². The summed E-state index contributed by atoms with van der Waals surface area (Å²) in [5, 5.41) is 10.4. The van der Waals surface area contributed by atoms with Gasteiger partial charge in [-0.25, -0.2) is 4.39 Å². The zero-order valence-corrected chi connectivity index (χ0v) is 10.4. The van der Waals surface area contributed by atoms with Crippen LogP contribution in [0.3, 0.4) is 0 Å².